The third-order valence-corrected chi connectivity index (χ3v) is 5.70. The Labute approximate surface area is 166 Å². The second-order valence-electron chi connectivity index (χ2n) is 8.33. The Bertz CT molecular complexity index is 815. The second kappa shape index (κ2) is 8.43. The molecule has 0 aliphatic carbocycles. The number of fused-ring (bicyclic) bond motifs is 1. The van der Waals surface area contributed by atoms with E-state index in [9.17, 15) is 4.79 Å². The Kier molecular flexibility index (Phi) is 5.76. The van der Waals surface area contributed by atoms with Crippen molar-refractivity contribution in [1.82, 2.24) is 19.7 Å². The van der Waals surface area contributed by atoms with Gasteiger partial charge in [-0.15, -0.1) is 0 Å². The molecule has 2 aromatic heterocycles. The van der Waals surface area contributed by atoms with Crippen molar-refractivity contribution >= 4 is 5.91 Å². The van der Waals surface area contributed by atoms with Crippen LogP contribution in [0.15, 0.2) is 24.5 Å². The van der Waals surface area contributed by atoms with E-state index in [2.05, 4.69) is 34.5 Å². The lowest BCUT2D eigenvalue weighted by Crippen LogP contribution is -2.39. The van der Waals surface area contributed by atoms with Crippen molar-refractivity contribution in [3.63, 3.8) is 0 Å². The number of hydrogen-bond donors (Lipinski definition) is 0. The summed E-state index contributed by atoms with van der Waals surface area (Å²) < 4.78 is 7.90. The van der Waals surface area contributed by atoms with Crippen molar-refractivity contribution < 1.29 is 9.53 Å². The van der Waals surface area contributed by atoms with Crippen LogP contribution in [0.25, 0.3) is 0 Å². The van der Waals surface area contributed by atoms with Crippen LogP contribution in [-0.2, 0) is 29.1 Å². The molecular weight excluding hydrogens is 352 g/mol. The number of likely N-dealkylation sites (tertiary alicyclic amines) is 1. The first-order valence-electron chi connectivity index (χ1n) is 10.5. The maximum atomic E-state index is 12.9. The minimum Gasteiger partial charge on any atom is -0.376 e. The number of piperidine rings is 1. The molecule has 150 valence electrons. The number of ether oxygens (including phenoxy) is 1. The van der Waals surface area contributed by atoms with Crippen LogP contribution in [0.4, 0.5) is 0 Å². The highest BCUT2D eigenvalue weighted by Gasteiger charge is 2.34. The summed E-state index contributed by atoms with van der Waals surface area (Å²) >= 11 is 0. The van der Waals surface area contributed by atoms with Crippen molar-refractivity contribution in [3.8, 4) is 0 Å². The van der Waals surface area contributed by atoms with Gasteiger partial charge in [-0.2, -0.15) is 5.10 Å². The number of pyridine rings is 1. The Morgan fingerprint density at radius 3 is 3.04 bits per heavy atom. The molecule has 2 aliphatic heterocycles. The maximum Gasteiger partial charge on any atom is 0.223 e. The third kappa shape index (κ3) is 3.97. The summed E-state index contributed by atoms with van der Waals surface area (Å²) in [6.45, 7) is 7.08. The number of amides is 1. The summed E-state index contributed by atoms with van der Waals surface area (Å²) in [5.74, 6) is 0.627. The van der Waals surface area contributed by atoms with E-state index in [1.54, 1.807) is 6.20 Å². The summed E-state index contributed by atoms with van der Waals surface area (Å²) in [6.07, 6.45) is 8.37. The highest BCUT2D eigenvalue weighted by molar-refractivity contribution is 5.77. The fraction of sp³-hybridized carbons (Fsp3) is 0.591. The first-order valence-corrected chi connectivity index (χ1v) is 10.5. The lowest BCUT2D eigenvalue weighted by Gasteiger charge is -2.36. The van der Waals surface area contributed by atoms with Gasteiger partial charge in [-0.3, -0.25) is 14.5 Å². The summed E-state index contributed by atoms with van der Waals surface area (Å²) in [6, 6.07) is 4.12. The largest absolute Gasteiger partial charge is 0.376 e. The molecule has 0 radical (unpaired) electrons. The molecule has 0 N–H and O–H groups in total. The molecule has 6 heteroatoms. The lowest BCUT2D eigenvalue weighted by atomic mass is 9.94. The Morgan fingerprint density at radius 1 is 1.36 bits per heavy atom. The van der Waals surface area contributed by atoms with Crippen LogP contribution < -0.4 is 0 Å². The van der Waals surface area contributed by atoms with Crippen molar-refractivity contribution in [2.75, 3.05) is 13.2 Å². The molecule has 1 saturated heterocycles. The molecular formula is C22H30N4O2. The molecule has 2 aliphatic rings. The second-order valence-corrected chi connectivity index (χ2v) is 8.33. The van der Waals surface area contributed by atoms with Gasteiger partial charge < -0.3 is 9.64 Å². The molecule has 0 saturated carbocycles. The smallest absolute Gasteiger partial charge is 0.223 e. The molecule has 2 aromatic rings. The van der Waals surface area contributed by atoms with E-state index in [0.29, 0.717) is 25.5 Å². The molecule has 1 atom stereocenters. The molecule has 1 fully saturated rings. The predicted molar refractivity (Wildman–Crippen MR) is 107 cm³/mol. The van der Waals surface area contributed by atoms with Crippen molar-refractivity contribution in [2.24, 2.45) is 5.92 Å². The normalized spacial score (nSPS) is 19.7. The Morgan fingerprint density at radius 2 is 2.25 bits per heavy atom. The number of hydrogen-bond acceptors (Lipinski definition) is 4. The van der Waals surface area contributed by atoms with E-state index < -0.39 is 0 Å². The topological polar surface area (TPSA) is 60.2 Å². The van der Waals surface area contributed by atoms with Crippen LogP contribution in [-0.4, -0.2) is 38.7 Å². The van der Waals surface area contributed by atoms with Crippen LogP contribution in [0.2, 0.25) is 0 Å². The molecule has 6 nitrogen and oxygen atoms in total. The molecule has 4 rings (SSSR count). The van der Waals surface area contributed by atoms with Crippen molar-refractivity contribution in [2.45, 2.75) is 65.1 Å². The SMILES string of the molecule is CC(C)CC(=O)N1CCCCC1c1nn(Cc2cccnc2)c2c1COCC2. The van der Waals surface area contributed by atoms with Crippen LogP contribution >= 0.6 is 0 Å². The van der Waals surface area contributed by atoms with Gasteiger partial charge in [0, 0.05) is 43.0 Å². The molecule has 0 bridgehead atoms. The highest BCUT2D eigenvalue weighted by atomic mass is 16.5. The summed E-state index contributed by atoms with van der Waals surface area (Å²) in [5, 5.41) is 5.04. The number of aromatic nitrogens is 3. The van der Waals surface area contributed by atoms with Crippen LogP contribution in [0.1, 0.15) is 68.1 Å². The van der Waals surface area contributed by atoms with Gasteiger partial charge in [0.1, 0.15) is 0 Å². The zero-order valence-electron chi connectivity index (χ0n) is 16.9. The average molecular weight is 383 g/mol. The fourth-order valence-corrected chi connectivity index (χ4v) is 4.38. The van der Waals surface area contributed by atoms with Gasteiger partial charge in [-0.25, -0.2) is 0 Å². The number of carbonyl (C=O) groups excluding carboxylic acids is 1. The van der Waals surface area contributed by atoms with E-state index in [1.807, 2.05) is 12.3 Å². The lowest BCUT2D eigenvalue weighted by molar-refractivity contribution is -0.136. The van der Waals surface area contributed by atoms with Crippen LogP contribution in [0.5, 0.6) is 0 Å². The zero-order chi connectivity index (χ0) is 19.5. The van der Waals surface area contributed by atoms with E-state index in [-0.39, 0.29) is 11.9 Å². The summed E-state index contributed by atoms with van der Waals surface area (Å²) in [5.41, 5.74) is 4.65. The van der Waals surface area contributed by atoms with Gasteiger partial charge in [-0.1, -0.05) is 19.9 Å². The Balaban J connectivity index is 1.67. The van der Waals surface area contributed by atoms with Gasteiger partial charge in [0.25, 0.3) is 0 Å². The van der Waals surface area contributed by atoms with E-state index in [0.717, 1.165) is 50.1 Å². The van der Waals surface area contributed by atoms with Crippen molar-refractivity contribution in [1.29, 1.82) is 0 Å². The molecule has 1 amide bonds. The maximum absolute atomic E-state index is 12.9. The monoisotopic (exact) mass is 382 g/mol. The molecule has 0 aromatic carbocycles. The van der Waals surface area contributed by atoms with Crippen LogP contribution in [0, 0.1) is 5.92 Å². The third-order valence-electron chi connectivity index (χ3n) is 5.70. The fourth-order valence-electron chi connectivity index (χ4n) is 4.38. The number of carbonyl (C=O) groups is 1. The van der Waals surface area contributed by atoms with Gasteiger partial charge >= 0.3 is 0 Å². The van der Waals surface area contributed by atoms with Crippen molar-refractivity contribution in [3.05, 3.63) is 47.0 Å². The molecule has 4 heterocycles. The number of nitrogens with zero attached hydrogens (tertiary/aromatic N) is 4. The van der Waals surface area contributed by atoms with Gasteiger partial charge in [-0.05, 0) is 36.8 Å². The zero-order valence-corrected chi connectivity index (χ0v) is 16.9. The minimum absolute atomic E-state index is 0.0746. The highest BCUT2D eigenvalue weighted by Crippen LogP contribution is 2.35. The Hall–Kier alpha value is -2.21. The summed E-state index contributed by atoms with van der Waals surface area (Å²) in [4.78, 5) is 19.2. The summed E-state index contributed by atoms with van der Waals surface area (Å²) in [7, 11) is 0. The predicted octanol–water partition coefficient (Wildman–Crippen LogP) is 3.50. The minimum atomic E-state index is 0.0746. The van der Waals surface area contributed by atoms with E-state index in [4.69, 9.17) is 9.84 Å². The van der Waals surface area contributed by atoms with Gasteiger partial charge in [0.15, 0.2) is 0 Å². The van der Waals surface area contributed by atoms with Gasteiger partial charge in [0.2, 0.25) is 5.91 Å². The average Bonchev–Trinajstić information content (AvgIpc) is 3.07. The standard InChI is InChI=1S/C22H30N4O2/c1-16(2)12-21(27)25-10-4-3-7-20(25)22-18-15-28-11-8-19(18)26(24-22)14-17-6-5-9-23-13-17/h5-6,9,13,16,20H,3-4,7-8,10-12,14-15H2,1-2H3. The van der Waals surface area contributed by atoms with E-state index >= 15 is 0 Å². The molecule has 1 unspecified atom stereocenters. The quantitative estimate of drug-likeness (QED) is 0.794. The first kappa shape index (κ1) is 19.1. The van der Waals surface area contributed by atoms with Crippen LogP contribution in [0.3, 0.4) is 0 Å². The molecule has 28 heavy (non-hydrogen) atoms. The molecule has 0 spiro atoms. The van der Waals surface area contributed by atoms with Gasteiger partial charge in [0.05, 0.1) is 31.5 Å². The number of rotatable bonds is 5. The first-order chi connectivity index (χ1) is 13.6. The van der Waals surface area contributed by atoms with E-state index in [1.165, 1.54) is 11.3 Å².